The van der Waals surface area contributed by atoms with Gasteiger partial charge in [0.05, 0.1) is 43.0 Å². The molecule has 3 aliphatic rings. The van der Waals surface area contributed by atoms with E-state index in [4.69, 9.17) is 9.84 Å². The Kier molecular flexibility index (Phi) is 10.1. The number of urea groups is 1. The number of ether oxygens (including phenoxy) is 1. The van der Waals surface area contributed by atoms with Crippen LogP contribution in [0.25, 0.3) is 11.3 Å². The number of amides is 2. The van der Waals surface area contributed by atoms with Gasteiger partial charge in [0.2, 0.25) is 5.95 Å². The lowest BCUT2D eigenvalue weighted by Gasteiger charge is -2.33. The van der Waals surface area contributed by atoms with Gasteiger partial charge in [0.1, 0.15) is 23.4 Å². The van der Waals surface area contributed by atoms with Crippen LogP contribution in [0.5, 0.6) is 5.75 Å². The zero-order valence-corrected chi connectivity index (χ0v) is 31.9. The summed E-state index contributed by atoms with van der Waals surface area (Å²) in [5, 5.41) is 34.7. The van der Waals surface area contributed by atoms with Crippen LogP contribution in [-0.2, 0) is 12.0 Å². The molecule has 0 saturated carbocycles. The number of nitrogens with zero attached hydrogens (tertiary/aromatic N) is 9. The van der Waals surface area contributed by atoms with Crippen LogP contribution in [0.3, 0.4) is 0 Å². The molecule has 0 spiro atoms. The molecule has 1 aromatic carbocycles. The molecule has 14 nitrogen and oxygen atoms in total. The highest BCUT2D eigenvalue weighted by Gasteiger charge is 2.31. The average Bonchev–Trinajstić information content (AvgIpc) is 3.91. The summed E-state index contributed by atoms with van der Waals surface area (Å²) in [6.07, 6.45) is 12.0. The average molecular weight is 736 g/mol. The first-order valence-corrected chi connectivity index (χ1v) is 19.6. The number of pyridine rings is 1. The standard InChI is InChI=1S/C40H53N11O3/c1-27-9-7-8-18-49(27)39-45-44-36-15-12-30(26-50(36)39)54-34-14-13-33(31-10-5-6-11-32(31)34)42-38(53)43-37-23-35(40(2,3)4)46-51(37)28-24-41-48(25-28)22-21-47-19-16-29(52)17-20-47/h5-6,10-12,15,23-27,29,33-34,52H,7-9,13-14,16-22H2,1-4H3,(H2,42,43,53)/t27-,33-,34+/m0/s1. The summed E-state index contributed by atoms with van der Waals surface area (Å²) >= 11 is 0. The van der Waals surface area contributed by atoms with Crippen LogP contribution in [0.2, 0.25) is 0 Å². The molecule has 1 aliphatic carbocycles. The lowest BCUT2D eigenvalue weighted by molar-refractivity contribution is 0.0805. The van der Waals surface area contributed by atoms with Gasteiger partial charge in [-0.1, -0.05) is 45.0 Å². The zero-order chi connectivity index (χ0) is 37.4. The lowest BCUT2D eigenvalue weighted by Crippen LogP contribution is -2.38. The molecule has 0 radical (unpaired) electrons. The number of likely N-dealkylation sites (tertiary alicyclic amines) is 1. The number of aromatic nitrogens is 7. The van der Waals surface area contributed by atoms with Gasteiger partial charge in [-0.15, -0.1) is 10.2 Å². The molecule has 3 atom stereocenters. The van der Waals surface area contributed by atoms with Crippen LogP contribution >= 0.6 is 0 Å². The van der Waals surface area contributed by atoms with Crippen LogP contribution in [0, 0.1) is 0 Å². The molecule has 2 saturated heterocycles. The van der Waals surface area contributed by atoms with Gasteiger partial charge in [0.15, 0.2) is 5.65 Å². The molecule has 2 amide bonds. The predicted octanol–water partition coefficient (Wildman–Crippen LogP) is 6.02. The van der Waals surface area contributed by atoms with E-state index in [2.05, 4.69) is 75.6 Å². The van der Waals surface area contributed by atoms with Gasteiger partial charge >= 0.3 is 6.03 Å². The molecule has 6 heterocycles. The summed E-state index contributed by atoms with van der Waals surface area (Å²) in [4.78, 5) is 18.4. The van der Waals surface area contributed by atoms with Gasteiger partial charge < -0.3 is 25.0 Å². The quantitative estimate of drug-likeness (QED) is 0.166. The van der Waals surface area contributed by atoms with Crippen molar-refractivity contribution < 1.29 is 14.6 Å². The molecular weight excluding hydrogens is 683 g/mol. The monoisotopic (exact) mass is 735 g/mol. The Hall–Kier alpha value is -4.95. The molecular formula is C40H53N11O3. The Bertz CT molecular complexity index is 2070. The maximum Gasteiger partial charge on any atom is 0.320 e. The van der Waals surface area contributed by atoms with Crippen LogP contribution in [0.4, 0.5) is 16.6 Å². The minimum absolute atomic E-state index is 0.164. The number of rotatable bonds is 9. The number of benzene rings is 1. The minimum Gasteiger partial charge on any atom is -0.484 e. The Balaban J connectivity index is 0.956. The zero-order valence-electron chi connectivity index (χ0n) is 31.9. The highest BCUT2D eigenvalue weighted by atomic mass is 16.5. The topological polar surface area (TPSA) is 143 Å². The summed E-state index contributed by atoms with van der Waals surface area (Å²) in [7, 11) is 0. The highest BCUT2D eigenvalue weighted by molar-refractivity contribution is 5.89. The first-order valence-electron chi connectivity index (χ1n) is 19.6. The van der Waals surface area contributed by atoms with Crippen LogP contribution < -0.4 is 20.3 Å². The van der Waals surface area contributed by atoms with E-state index in [0.717, 1.165) is 111 Å². The van der Waals surface area contributed by atoms with Gasteiger partial charge in [0, 0.05) is 43.7 Å². The van der Waals surface area contributed by atoms with Crippen molar-refractivity contribution in [3.8, 4) is 11.4 Å². The molecule has 286 valence electrons. The number of aliphatic hydroxyl groups is 1. The van der Waals surface area contributed by atoms with Crippen molar-refractivity contribution in [3.63, 3.8) is 0 Å². The Morgan fingerprint density at radius 2 is 1.76 bits per heavy atom. The smallest absolute Gasteiger partial charge is 0.320 e. The Morgan fingerprint density at radius 3 is 2.56 bits per heavy atom. The summed E-state index contributed by atoms with van der Waals surface area (Å²) in [6, 6.07) is 14.0. The van der Waals surface area contributed by atoms with Crippen molar-refractivity contribution in [2.45, 2.75) is 109 Å². The molecule has 8 rings (SSSR count). The molecule has 5 aromatic rings. The van der Waals surface area contributed by atoms with E-state index in [9.17, 15) is 9.90 Å². The Labute approximate surface area is 316 Å². The first-order chi connectivity index (χ1) is 26.1. The van der Waals surface area contributed by atoms with Crippen LogP contribution in [0.1, 0.15) is 102 Å². The number of hydrogen-bond acceptors (Lipinski definition) is 9. The van der Waals surface area contributed by atoms with E-state index < -0.39 is 0 Å². The molecule has 0 unspecified atom stereocenters. The first kappa shape index (κ1) is 36.0. The fraction of sp³-hybridized carbons (Fsp3) is 0.525. The second-order valence-electron chi connectivity index (χ2n) is 16.2. The van der Waals surface area contributed by atoms with Crippen LogP contribution in [0.15, 0.2) is 61.1 Å². The van der Waals surface area contributed by atoms with Crippen molar-refractivity contribution in [1.82, 2.24) is 44.4 Å². The summed E-state index contributed by atoms with van der Waals surface area (Å²) in [5.74, 6) is 2.20. The molecule has 2 fully saturated rings. The number of fused-ring (bicyclic) bond motifs is 2. The van der Waals surface area contributed by atoms with Crippen molar-refractivity contribution >= 4 is 23.4 Å². The van der Waals surface area contributed by atoms with E-state index in [1.54, 1.807) is 10.9 Å². The second kappa shape index (κ2) is 15.1. The molecule has 3 N–H and O–H groups in total. The molecule has 54 heavy (non-hydrogen) atoms. The van der Waals surface area contributed by atoms with E-state index in [0.29, 0.717) is 11.9 Å². The predicted molar refractivity (Wildman–Crippen MR) is 207 cm³/mol. The number of carbonyl (C=O) groups excluding carboxylic acids is 1. The highest BCUT2D eigenvalue weighted by Crippen LogP contribution is 2.39. The van der Waals surface area contributed by atoms with Crippen molar-refractivity contribution in [2.75, 3.05) is 36.4 Å². The third-order valence-electron chi connectivity index (χ3n) is 11.2. The van der Waals surface area contributed by atoms with Crippen molar-refractivity contribution in [3.05, 3.63) is 77.9 Å². The number of aliphatic hydroxyl groups excluding tert-OH is 1. The fourth-order valence-corrected chi connectivity index (χ4v) is 8.02. The third-order valence-corrected chi connectivity index (χ3v) is 11.2. The number of hydrogen-bond donors (Lipinski definition) is 3. The number of piperidine rings is 2. The van der Waals surface area contributed by atoms with Gasteiger partial charge in [-0.2, -0.15) is 10.2 Å². The molecule has 2 aliphatic heterocycles. The maximum absolute atomic E-state index is 13.7. The van der Waals surface area contributed by atoms with Crippen molar-refractivity contribution in [1.29, 1.82) is 0 Å². The lowest BCUT2D eigenvalue weighted by atomic mass is 9.85. The van der Waals surface area contributed by atoms with Crippen molar-refractivity contribution in [2.24, 2.45) is 0 Å². The van der Waals surface area contributed by atoms with E-state index in [-0.39, 0.29) is 29.7 Å². The second-order valence-corrected chi connectivity index (χ2v) is 16.2. The minimum atomic E-state index is -0.298. The summed E-state index contributed by atoms with van der Waals surface area (Å²) < 4.78 is 12.4. The summed E-state index contributed by atoms with van der Waals surface area (Å²) in [5.41, 5.74) is 4.33. The summed E-state index contributed by atoms with van der Waals surface area (Å²) in [6.45, 7) is 12.9. The van der Waals surface area contributed by atoms with E-state index in [1.165, 1.54) is 6.42 Å². The number of carbonyl (C=O) groups is 1. The van der Waals surface area contributed by atoms with E-state index >= 15 is 0 Å². The maximum atomic E-state index is 13.7. The Morgan fingerprint density at radius 1 is 0.944 bits per heavy atom. The fourth-order valence-electron chi connectivity index (χ4n) is 8.02. The molecule has 14 heteroatoms. The van der Waals surface area contributed by atoms with Crippen LogP contribution in [-0.4, -0.2) is 88.5 Å². The molecule has 4 aromatic heterocycles. The third kappa shape index (κ3) is 7.67. The normalized spacial score (nSPS) is 21.3. The van der Waals surface area contributed by atoms with Gasteiger partial charge in [-0.05, 0) is 75.1 Å². The molecule has 0 bridgehead atoms. The van der Waals surface area contributed by atoms with Gasteiger partial charge in [0.25, 0.3) is 0 Å². The SMILES string of the molecule is C[C@H]1CCCCN1c1nnc2ccc(O[C@@H]3CC[C@H](NC(=O)Nc4cc(C(C)(C)C)nn4-c4cnn(CCN5CCC(O)CC5)c4)c4ccccc43)cn12. The largest absolute Gasteiger partial charge is 0.484 e. The number of anilines is 2. The van der Waals surface area contributed by atoms with Gasteiger partial charge in [-0.3, -0.25) is 14.4 Å². The number of nitrogens with one attached hydrogen (secondary N) is 2. The van der Waals surface area contributed by atoms with E-state index in [1.807, 2.05) is 51.8 Å². The van der Waals surface area contributed by atoms with Gasteiger partial charge in [-0.25, -0.2) is 9.48 Å².